The van der Waals surface area contributed by atoms with Gasteiger partial charge >= 0.3 is 0 Å². The Morgan fingerprint density at radius 2 is 2.29 bits per heavy atom. The molecule has 0 amide bonds. The summed E-state index contributed by atoms with van der Waals surface area (Å²) in [4.78, 5) is 4.22. The van der Waals surface area contributed by atoms with Crippen LogP contribution in [0.1, 0.15) is 5.76 Å². The second-order valence-corrected chi connectivity index (χ2v) is 3.55. The largest absolute Gasteiger partial charge is 0.479 e. The summed E-state index contributed by atoms with van der Waals surface area (Å²) in [6, 6.07) is 7.40. The van der Waals surface area contributed by atoms with Gasteiger partial charge in [-0.1, -0.05) is 0 Å². The van der Waals surface area contributed by atoms with E-state index in [1.165, 1.54) is 0 Å². The molecule has 0 aliphatic carbocycles. The normalized spacial score (nSPS) is 10.2. The zero-order valence-electron chi connectivity index (χ0n) is 9.64. The van der Waals surface area contributed by atoms with E-state index in [9.17, 15) is 0 Å². The van der Waals surface area contributed by atoms with Crippen LogP contribution in [0, 0.1) is 0 Å². The van der Waals surface area contributed by atoms with E-state index >= 15 is 0 Å². The SMILES string of the molecule is COc1nc(NCCc2ccco2)ccc1N. The number of nitrogens with two attached hydrogens (primary N) is 1. The lowest BCUT2D eigenvalue weighted by Crippen LogP contribution is -2.07. The van der Waals surface area contributed by atoms with Crippen LogP contribution >= 0.6 is 0 Å². The number of furan rings is 1. The molecule has 0 radical (unpaired) electrons. The molecule has 2 aromatic heterocycles. The van der Waals surface area contributed by atoms with Gasteiger partial charge in [-0.05, 0) is 24.3 Å². The summed E-state index contributed by atoms with van der Waals surface area (Å²) in [5, 5.41) is 3.18. The predicted molar refractivity (Wildman–Crippen MR) is 66.1 cm³/mol. The molecule has 2 heterocycles. The summed E-state index contributed by atoms with van der Waals surface area (Å²) in [5.41, 5.74) is 6.21. The maximum absolute atomic E-state index is 5.68. The molecule has 3 N–H and O–H groups in total. The molecule has 0 saturated heterocycles. The molecular weight excluding hydrogens is 218 g/mol. The minimum atomic E-state index is 0.438. The first-order valence-electron chi connectivity index (χ1n) is 5.36. The number of hydrogen-bond acceptors (Lipinski definition) is 5. The molecule has 0 saturated carbocycles. The first-order chi connectivity index (χ1) is 8.29. The third-order valence-electron chi connectivity index (χ3n) is 2.34. The topological polar surface area (TPSA) is 73.3 Å². The van der Waals surface area contributed by atoms with Gasteiger partial charge in [-0.15, -0.1) is 0 Å². The van der Waals surface area contributed by atoms with Crippen molar-refractivity contribution in [1.82, 2.24) is 4.98 Å². The Morgan fingerprint density at radius 1 is 1.41 bits per heavy atom. The Morgan fingerprint density at radius 3 is 3.00 bits per heavy atom. The molecule has 0 atom stereocenters. The molecule has 2 rings (SSSR count). The summed E-state index contributed by atoms with van der Waals surface area (Å²) < 4.78 is 10.3. The molecular formula is C12H15N3O2. The molecule has 0 unspecified atom stereocenters. The Labute approximate surface area is 99.6 Å². The Balaban J connectivity index is 1.90. The molecule has 5 heteroatoms. The van der Waals surface area contributed by atoms with Gasteiger partial charge in [0.05, 0.1) is 19.1 Å². The van der Waals surface area contributed by atoms with Crippen LogP contribution in [0.3, 0.4) is 0 Å². The van der Waals surface area contributed by atoms with Crippen molar-refractivity contribution < 1.29 is 9.15 Å². The number of nitrogens with zero attached hydrogens (tertiary/aromatic N) is 1. The van der Waals surface area contributed by atoms with E-state index in [2.05, 4.69) is 10.3 Å². The Kier molecular flexibility index (Phi) is 3.49. The zero-order chi connectivity index (χ0) is 12.1. The first kappa shape index (κ1) is 11.3. The van der Waals surface area contributed by atoms with E-state index in [4.69, 9.17) is 14.9 Å². The molecule has 0 aliphatic rings. The van der Waals surface area contributed by atoms with Crippen LogP contribution in [0.4, 0.5) is 11.5 Å². The summed E-state index contributed by atoms with van der Waals surface area (Å²) in [5.74, 6) is 2.12. The van der Waals surface area contributed by atoms with Gasteiger partial charge in [-0.3, -0.25) is 0 Å². The lowest BCUT2D eigenvalue weighted by molar-refractivity contribution is 0.401. The van der Waals surface area contributed by atoms with Crippen molar-refractivity contribution in [2.75, 3.05) is 24.7 Å². The molecule has 2 aromatic rings. The van der Waals surface area contributed by atoms with Gasteiger partial charge in [0.25, 0.3) is 0 Å². The van der Waals surface area contributed by atoms with Crippen LogP contribution in [0.15, 0.2) is 34.9 Å². The van der Waals surface area contributed by atoms with Gasteiger partial charge in [-0.25, -0.2) is 0 Å². The molecule has 17 heavy (non-hydrogen) atoms. The van der Waals surface area contributed by atoms with E-state index in [0.29, 0.717) is 11.6 Å². The van der Waals surface area contributed by atoms with Crippen LogP contribution in [0.5, 0.6) is 5.88 Å². The highest BCUT2D eigenvalue weighted by Gasteiger charge is 2.02. The lowest BCUT2D eigenvalue weighted by atomic mass is 10.3. The molecule has 90 valence electrons. The van der Waals surface area contributed by atoms with Crippen LogP contribution in [0.2, 0.25) is 0 Å². The number of aromatic nitrogens is 1. The van der Waals surface area contributed by atoms with Gasteiger partial charge in [0.2, 0.25) is 5.88 Å². The van der Waals surface area contributed by atoms with Crippen LogP contribution in [0.25, 0.3) is 0 Å². The number of anilines is 2. The number of methoxy groups -OCH3 is 1. The fraction of sp³-hybridized carbons (Fsp3) is 0.250. The standard InChI is InChI=1S/C12H15N3O2/c1-16-12-10(13)4-5-11(15-12)14-7-6-9-3-2-8-17-9/h2-5,8H,6-7,13H2,1H3,(H,14,15). The minimum absolute atomic E-state index is 0.438. The van der Waals surface area contributed by atoms with Gasteiger partial charge in [-0.2, -0.15) is 4.98 Å². The summed E-state index contributed by atoms with van der Waals surface area (Å²) in [7, 11) is 1.55. The van der Waals surface area contributed by atoms with Gasteiger partial charge < -0.3 is 20.2 Å². The smallest absolute Gasteiger partial charge is 0.238 e. The number of nitrogen functional groups attached to an aromatic ring is 1. The zero-order valence-corrected chi connectivity index (χ0v) is 9.64. The molecule has 0 bridgehead atoms. The summed E-state index contributed by atoms with van der Waals surface area (Å²) in [6.45, 7) is 0.744. The maximum Gasteiger partial charge on any atom is 0.238 e. The molecule has 0 fully saturated rings. The van der Waals surface area contributed by atoms with Crippen LogP contribution in [-0.2, 0) is 6.42 Å². The molecule has 5 nitrogen and oxygen atoms in total. The van der Waals surface area contributed by atoms with Crippen LogP contribution < -0.4 is 15.8 Å². The van der Waals surface area contributed by atoms with Crippen molar-refractivity contribution in [3.8, 4) is 5.88 Å². The fourth-order valence-electron chi connectivity index (χ4n) is 1.48. The summed E-state index contributed by atoms with van der Waals surface area (Å²) >= 11 is 0. The predicted octanol–water partition coefficient (Wildman–Crippen LogP) is 1.92. The Hall–Kier alpha value is -2.17. The lowest BCUT2D eigenvalue weighted by Gasteiger charge is -2.07. The molecule has 0 spiro atoms. The number of rotatable bonds is 5. The van der Waals surface area contributed by atoms with Crippen molar-refractivity contribution in [3.63, 3.8) is 0 Å². The van der Waals surface area contributed by atoms with Crippen molar-refractivity contribution in [2.45, 2.75) is 6.42 Å². The van der Waals surface area contributed by atoms with Crippen molar-refractivity contribution >= 4 is 11.5 Å². The maximum atomic E-state index is 5.68. The molecule has 0 aromatic carbocycles. The second kappa shape index (κ2) is 5.25. The third-order valence-corrected chi connectivity index (χ3v) is 2.34. The van der Waals surface area contributed by atoms with Gasteiger partial charge in [0.1, 0.15) is 11.6 Å². The highest BCUT2D eigenvalue weighted by atomic mass is 16.5. The van der Waals surface area contributed by atoms with E-state index in [1.54, 1.807) is 19.4 Å². The van der Waals surface area contributed by atoms with E-state index in [0.717, 1.165) is 24.5 Å². The monoisotopic (exact) mass is 233 g/mol. The van der Waals surface area contributed by atoms with Crippen molar-refractivity contribution in [2.24, 2.45) is 0 Å². The minimum Gasteiger partial charge on any atom is -0.479 e. The van der Waals surface area contributed by atoms with E-state index in [1.807, 2.05) is 18.2 Å². The quantitative estimate of drug-likeness (QED) is 0.825. The van der Waals surface area contributed by atoms with Crippen molar-refractivity contribution in [1.29, 1.82) is 0 Å². The first-order valence-corrected chi connectivity index (χ1v) is 5.36. The van der Waals surface area contributed by atoms with Crippen LogP contribution in [-0.4, -0.2) is 18.6 Å². The highest BCUT2D eigenvalue weighted by molar-refractivity contribution is 5.53. The van der Waals surface area contributed by atoms with Gasteiger partial charge in [0, 0.05) is 13.0 Å². The fourth-order valence-corrected chi connectivity index (χ4v) is 1.48. The second-order valence-electron chi connectivity index (χ2n) is 3.55. The number of nitrogens with one attached hydrogen (secondary N) is 1. The van der Waals surface area contributed by atoms with Crippen molar-refractivity contribution in [3.05, 3.63) is 36.3 Å². The summed E-state index contributed by atoms with van der Waals surface area (Å²) in [6.07, 6.45) is 2.47. The molecule has 0 aliphatic heterocycles. The highest BCUT2D eigenvalue weighted by Crippen LogP contribution is 2.19. The number of hydrogen-bond donors (Lipinski definition) is 2. The average molecular weight is 233 g/mol. The average Bonchev–Trinajstić information content (AvgIpc) is 2.84. The number of ether oxygens (including phenoxy) is 1. The Bertz CT molecular complexity index is 469. The van der Waals surface area contributed by atoms with E-state index < -0.39 is 0 Å². The third kappa shape index (κ3) is 2.90. The van der Waals surface area contributed by atoms with Gasteiger partial charge in [0.15, 0.2) is 0 Å². The number of pyridine rings is 1. The van der Waals surface area contributed by atoms with E-state index in [-0.39, 0.29) is 0 Å².